The quantitative estimate of drug-likeness (QED) is 0.0952. The predicted octanol–water partition coefficient (Wildman–Crippen LogP) is 3.61. The van der Waals surface area contributed by atoms with Crippen molar-refractivity contribution >= 4 is 57.0 Å². The van der Waals surface area contributed by atoms with Crippen LogP contribution < -0.4 is 10.0 Å². The first kappa shape index (κ1) is 34.1. The molecular weight excluding hydrogens is 660 g/mol. The Morgan fingerprint density at radius 1 is 0.935 bits per heavy atom. The number of rotatable bonds is 14. The zero-order chi connectivity index (χ0) is 33.4. The van der Waals surface area contributed by atoms with Crippen LogP contribution in [0.5, 0.6) is 5.75 Å². The van der Waals surface area contributed by atoms with Gasteiger partial charge in [0.25, 0.3) is 5.91 Å². The molecule has 1 atom stereocenters. The highest BCUT2D eigenvalue weighted by molar-refractivity contribution is 7.99. The number of carbonyl (C=O) groups is 4. The molecule has 0 saturated carbocycles. The number of phenols is 1. The number of ketones is 1. The topological polar surface area (TPSA) is 213 Å². The number of carbonyl (C=O) groups excluding carboxylic acids is 2. The van der Waals surface area contributed by atoms with Crippen LogP contribution in [0.25, 0.3) is 11.4 Å². The van der Waals surface area contributed by atoms with E-state index in [0.717, 1.165) is 30.0 Å². The maximum atomic E-state index is 13.0. The van der Waals surface area contributed by atoms with Crippen LogP contribution in [0.1, 0.15) is 32.7 Å². The van der Waals surface area contributed by atoms with Crippen molar-refractivity contribution in [3.8, 4) is 17.1 Å². The number of sulfonamides is 1. The summed E-state index contributed by atoms with van der Waals surface area (Å²) >= 11 is 6.99. The van der Waals surface area contributed by atoms with E-state index in [0.29, 0.717) is 27.0 Å². The lowest BCUT2D eigenvalue weighted by atomic mass is 10.1. The Hall–Kier alpha value is -4.83. The molecule has 4 rings (SSSR count). The van der Waals surface area contributed by atoms with Gasteiger partial charge in [0.1, 0.15) is 16.3 Å². The summed E-state index contributed by atoms with van der Waals surface area (Å²) in [5, 5.41) is 31.6. The van der Waals surface area contributed by atoms with Crippen molar-refractivity contribution in [3.63, 3.8) is 0 Å². The molecule has 0 bridgehead atoms. The van der Waals surface area contributed by atoms with Gasteiger partial charge in [-0.25, -0.2) is 27.9 Å². The van der Waals surface area contributed by atoms with E-state index in [4.69, 9.17) is 16.7 Å². The third-order valence-corrected chi connectivity index (χ3v) is 8.96. The summed E-state index contributed by atoms with van der Waals surface area (Å²) in [5.41, 5.74) is 0.670. The number of nitrogens with zero attached hydrogens (tertiary/aromatic N) is 2. The molecule has 0 aliphatic heterocycles. The number of Topliss-reactive ketones (excluding diaryl/α,β-unsaturated/α-hetero) is 1. The van der Waals surface area contributed by atoms with E-state index >= 15 is 0 Å². The molecule has 0 saturated heterocycles. The Labute approximate surface area is 271 Å². The molecule has 3 aromatic carbocycles. The van der Waals surface area contributed by atoms with Gasteiger partial charge in [-0.3, -0.25) is 14.4 Å². The highest BCUT2D eigenvalue weighted by Crippen LogP contribution is 2.23. The van der Waals surface area contributed by atoms with Gasteiger partial charge >= 0.3 is 11.9 Å². The average molecular weight is 685 g/mol. The third-order valence-electron chi connectivity index (χ3n) is 6.36. The Balaban J connectivity index is 1.36. The number of halogens is 1. The van der Waals surface area contributed by atoms with E-state index in [1.807, 2.05) is 0 Å². The minimum Gasteiger partial charge on any atom is -0.507 e. The van der Waals surface area contributed by atoms with E-state index < -0.39 is 57.4 Å². The molecule has 0 aliphatic rings. The van der Waals surface area contributed by atoms with Crippen LogP contribution in [0.3, 0.4) is 0 Å². The van der Waals surface area contributed by atoms with Crippen molar-refractivity contribution in [2.45, 2.75) is 28.9 Å². The number of carboxylic acid groups (broad SMARTS) is 2. The van der Waals surface area contributed by atoms with Crippen LogP contribution in [0, 0.1) is 0 Å². The SMILES string of the molecule is O=C(O)C[C@H](NC(=O)c1ccc(CNS(=O)(=O)c2ccc(O)c(C(=O)O)c2)cc1)C(=O)CSc1ccnc(-c2ccc(Cl)cc2)n1. The Morgan fingerprint density at radius 3 is 2.28 bits per heavy atom. The molecule has 1 amide bonds. The van der Waals surface area contributed by atoms with E-state index in [9.17, 15) is 37.8 Å². The number of aromatic hydroxyl groups is 1. The van der Waals surface area contributed by atoms with Crippen LogP contribution in [0.15, 0.2) is 88.9 Å². The number of thioether (sulfide) groups is 1. The molecule has 1 heterocycles. The summed E-state index contributed by atoms with van der Waals surface area (Å²) in [6.07, 6.45) is 0.878. The summed E-state index contributed by atoms with van der Waals surface area (Å²) < 4.78 is 27.6. The van der Waals surface area contributed by atoms with Gasteiger partial charge in [0.15, 0.2) is 11.6 Å². The second kappa shape index (κ2) is 15.0. The smallest absolute Gasteiger partial charge is 0.339 e. The standard InChI is InChI=1S/C30H25ClN4O9S2/c31-20-7-5-18(6-8-20)28-32-12-11-26(35-28)45-16-25(37)23(14-27(38)39)34-29(40)19-3-1-17(2-4-19)15-33-46(43,44)21-9-10-24(36)22(13-21)30(41)42/h1-13,23,33,36H,14-16H2,(H,34,40)(H,38,39)(H,41,42)/t23-/m0/s1. The van der Waals surface area contributed by atoms with Gasteiger partial charge in [0.2, 0.25) is 10.0 Å². The molecule has 0 radical (unpaired) electrons. The molecule has 0 aliphatic carbocycles. The first-order valence-corrected chi connectivity index (χ1v) is 16.1. The fourth-order valence-electron chi connectivity index (χ4n) is 3.96. The fraction of sp³-hybridized carbons (Fsp3) is 0.133. The fourth-order valence-corrected chi connectivity index (χ4v) is 5.93. The van der Waals surface area contributed by atoms with Gasteiger partial charge in [0, 0.05) is 28.9 Å². The van der Waals surface area contributed by atoms with Crippen LogP contribution in [-0.2, 0) is 26.2 Å². The van der Waals surface area contributed by atoms with Gasteiger partial charge in [-0.15, -0.1) is 0 Å². The van der Waals surface area contributed by atoms with Gasteiger partial charge in [-0.05, 0) is 66.2 Å². The van der Waals surface area contributed by atoms with Crippen LogP contribution >= 0.6 is 23.4 Å². The lowest BCUT2D eigenvalue weighted by molar-refractivity contribution is -0.139. The Morgan fingerprint density at radius 2 is 1.63 bits per heavy atom. The normalized spacial score (nSPS) is 11.8. The molecule has 16 heteroatoms. The Kier molecular flexibility index (Phi) is 11.1. The Bertz CT molecular complexity index is 1890. The lowest BCUT2D eigenvalue weighted by Gasteiger charge is -2.16. The number of carboxylic acids is 2. The minimum atomic E-state index is -4.15. The molecule has 0 fully saturated rings. The third kappa shape index (κ3) is 9.10. The van der Waals surface area contributed by atoms with E-state index in [1.165, 1.54) is 30.5 Å². The van der Waals surface area contributed by atoms with Gasteiger partial charge in [0.05, 0.1) is 23.1 Å². The number of benzene rings is 3. The van der Waals surface area contributed by atoms with Gasteiger partial charge in [-0.1, -0.05) is 35.5 Å². The second-order valence-corrected chi connectivity index (χ2v) is 12.8. The van der Waals surface area contributed by atoms with Crippen molar-refractivity contribution in [3.05, 3.63) is 101 Å². The van der Waals surface area contributed by atoms with E-state index in [2.05, 4.69) is 20.0 Å². The van der Waals surface area contributed by atoms with Crippen molar-refractivity contribution in [2.75, 3.05) is 5.75 Å². The molecule has 238 valence electrons. The first-order valence-electron chi connectivity index (χ1n) is 13.2. The number of hydrogen-bond acceptors (Lipinski definition) is 10. The van der Waals surface area contributed by atoms with E-state index in [1.54, 1.807) is 30.3 Å². The van der Waals surface area contributed by atoms with Crippen molar-refractivity contribution < 1.29 is 42.9 Å². The average Bonchev–Trinajstić information content (AvgIpc) is 3.03. The largest absolute Gasteiger partial charge is 0.507 e. The van der Waals surface area contributed by atoms with Gasteiger partial charge < -0.3 is 20.6 Å². The number of aliphatic carboxylic acids is 1. The molecule has 46 heavy (non-hydrogen) atoms. The summed E-state index contributed by atoms with van der Waals surface area (Å²) in [6, 6.07) is 15.6. The maximum Gasteiger partial charge on any atom is 0.339 e. The lowest BCUT2D eigenvalue weighted by Crippen LogP contribution is -2.43. The van der Waals surface area contributed by atoms with Crippen LogP contribution in [0.2, 0.25) is 5.02 Å². The number of nitrogens with one attached hydrogen (secondary N) is 2. The minimum absolute atomic E-state index is 0.0930. The molecule has 0 spiro atoms. The van der Waals surface area contributed by atoms with Crippen molar-refractivity contribution in [2.24, 2.45) is 0 Å². The highest BCUT2D eigenvalue weighted by Gasteiger charge is 2.25. The molecular formula is C30H25ClN4O9S2. The zero-order valence-corrected chi connectivity index (χ0v) is 26.0. The zero-order valence-electron chi connectivity index (χ0n) is 23.6. The van der Waals surface area contributed by atoms with Crippen molar-refractivity contribution in [1.29, 1.82) is 0 Å². The highest BCUT2D eigenvalue weighted by atomic mass is 35.5. The predicted molar refractivity (Wildman–Crippen MR) is 167 cm³/mol. The summed E-state index contributed by atoms with van der Waals surface area (Å²) in [4.78, 5) is 56.8. The number of aromatic carboxylic acids is 1. The number of hydrogen-bond donors (Lipinski definition) is 5. The van der Waals surface area contributed by atoms with Crippen molar-refractivity contribution in [1.82, 2.24) is 20.0 Å². The summed E-state index contributed by atoms with van der Waals surface area (Å²) in [5.74, 6) is -4.39. The number of amides is 1. The monoisotopic (exact) mass is 684 g/mol. The first-order chi connectivity index (χ1) is 21.8. The second-order valence-electron chi connectivity index (χ2n) is 9.61. The molecule has 13 nitrogen and oxygen atoms in total. The summed E-state index contributed by atoms with van der Waals surface area (Å²) in [7, 11) is -4.15. The number of aromatic nitrogens is 2. The van der Waals surface area contributed by atoms with E-state index in [-0.39, 0.29) is 22.8 Å². The summed E-state index contributed by atoms with van der Waals surface area (Å²) in [6.45, 7) is -0.215. The van der Waals surface area contributed by atoms with Crippen LogP contribution in [0.4, 0.5) is 0 Å². The molecule has 0 unspecified atom stereocenters. The maximum absolute atomic E-state index is 13.0. The molecule has 4 aromatic rings. The molecule has 1 aromatic heterocycles. The molecule has 5 N–H and O–H groups in total. The van der Waals surface area contributed by atoms with Crippen LogP contribution in [-0.4, -0.2) is 69.1 Å². The van der Waals surface area contributed by atoms with Gasteiger partial charge in [-0.2, -0.15) is 0 Å².